The first-order valence-electron chi connectivity index (χ1n) is 8.31. The highest BCUT2D eigenvalue weighted by atomic mass is 32.2. The van der Waals surface area contributed by atoms with E-state index in [0.29, 0.717) is 4.90 Å². The largest absolute Gasteiger partial charge is 0.351 e. The summed E-state index contributed by atoms with van der Waals surface area (Å²) in [5.41, 5.74) is 0.832. The fourth-order valence-corrected chi connectivity index (χ4v) is 3.90. The third-order valence-electron chi connectivity index (χ3n) is 4.13. The van der Waals surface area contributed by atoms with Gasteiger partial charge in [0.15, 0.2) is 11.6 Å². The van der Waals surface area contributed by atoms with Gasteiger partial charge in [-0.25, -0.2) is 8.78 Å². The number of piperidine rings is 1. The molecule has 3 rings (SSSR count). The minimum atomic E-state index is -0.909. The van der Waals surface area contributed by atoms with Crippen LogP contribution in [0.5, 0.6) is 0 Å². The lowest BCUT2D eigenvalue weighted by molar-refractivity contribution is -0.121. The van der Waals surface area contributed by atoms with E-state index in [-0.39, 0.29) is 11.9 Å². The number of thioether (sulfide) groups is 1. The lowest BCUT2D eigenvalue weighted by atomic mass is 10.1. The highest BCUT2D eigenvalue weighted by Crippen LogP contribution is 2.36. The molecule has 0 spiro atoms. The fraction of sp³-hybridized carbons (Fsp3) is 0.316. The van der Waals surface area contributed by atoms with E-state index in [1.165, 1.54) is 17.8 Å². The van der Waals surface area contributed by atoms with Crippen LogP contribution in [0.4, 0.5) is 8.78 Å². The van der Waals surface area contributed by atoms with Crippen LogP contribution >= 0.6 is 11.8 Å². The van der Waals surface area contributed by atoms with Gasteiger partial charge in [-0.05, 0) is 43.1 Å². The molecule has 2 aromatic carbocycles. The Kier molecular flexibility index (Phi) is 6.04. The van der Waals surface area contributed by atoms with Crippen molar-refractivity contribution in [3.8, 4) is 0 Å². The van der Waals surface area contributed by atoms with Gasteiger partial charge in [0, 0.05) is 17.5 Å². The van der Waals surface area contributed by atoms with Crippen molar-refractivity contribution in [2.24, 2.45) is 0 Å². The third kappa shape index (κ3) is 4.80. The zero-order valence-electron chi connectivity index (χ0n) is 13.7. The topological polar surface area (TPSA) is 41.1 Å². The monoisotopic (exact) mass is 362 g/mol. The highest BCUT2D eigenvalue weighted by Gasteiger charge is 2.25. The van der Waals surface area contributed by atoms with Crippen LogP contribution in [0.3, 0.4) is 0 Å². The van der Waals surface area contributed by atoms with Gasteiger partial charge >= 0.3 is 0 Å². The van der Waals surface area contributed by atoms with Crippen LogP contribution in [0.2, 0.25) is 0 Å². The van der Waals surface area contributed by atoms with Crippen molar-refractivity contribution in [1.29, 1.82) is 0 Å². The first kappa shape index (κ1) is 17.9. The molecular weight excluding hydrogens is 342 g/mol. The zero-order valence-corrected chi connectivity index (χ0v) is 14.5. The minimum absolute atomic E-state index is 0.0954. The van der Waals surface area contributed by atoms with Gasteiger partial charge in [-0.3, -0.25) is 4.79 Å². The standard InChI is InChI=1S/C19H20F2N2OS/c20-16-9-8-15(11-17(16)21)25-18(13-5-2-1-3-6-13)19(24)23-14-7-4-10-22-12-14/h1-3,5-6,8-9,11,14,18,22H,4,7,10,12H2,(H,23,24). The van der Waals surface area contributed by atoms with Gasteiger partial charge in [0.25, 0.3) is 0 Å². The number of amides is 1. The summed E-state index contributed by atoms with van der Waals surface area (Å²) in [5.74, 6) is -1.92. The Morgan fingerprint density at radius 2 is 1.96 bits per heavy atom. The molecule has 1 heterocycles. The molecule has 1 amide bonds. The molecule has 6 heteroatoms. The molecule has 3 nitrogen and oxygen atoms in total. The number of carbonyl (C=O) groups excluding carboxylic acids is 1. The van der Waals surface area contributed by atoms with Crippen molar-refractivity contribution < 1.29 is 13.6 Å². The average molecular weight is 362 g/mol. The number of rotatable bonds is 5. The smallest absolute Gasteiger partial charge is 0.238 e. The number of hydrogen-bond acceptors (Lipinski definition) is 3. The van der Waals surface area contributed by atoms with Crippen LogP contribution in [0.15, 0.2) is 53.4 Å². The summed E-state index contributed by atoms with van der Waals surface area (Å²) in [5, 5.41) is 5.82. The third-order valence-corrected chi connectivity index (χ3v) is 5.38. The number of nitrogens with one attached hydrogen (secondary N) is 2. The molecule has 1 fully saturated rings. The van der Waals surface area contributed by atoms with E-state index in [4.69, 9.17) is 0 Å². The molecule has 0 bridgehead atoms. The summed E-state index contributed by atoms with van der Waals surface area (Å²) in [6, 6.07) is 13.2. The van der Waals surface area contributed by atoms with E-state index in [1.54, 1.807) is 0 Å². The molecule has 2 N–H and O–H groups in total. The van der Waals surface area contributed by atoms with E-state index in [2.05, 4.69) is 10.6 Å². The van der Waals surface area contributed by atoms with E-state index >= 15 is 0 Å². The summed E-state index contributed by atoms with van der Waals surface area (Å²) < 4.78 is 26.7. The van der Waals surface area contributed by atoms with Crippen molar-refractivity contribution >= 4 is 17.7 Å². The van der Waals surface area contributed by atoms with Gasteiger partial charge in [0.2, 0.25) is 5.91 Å². The zero-order chi connectivity index (χ0) is 17.6. The Hall–Kier alpha value is -1.92. The predicted octanol–water partition coefficient (Wildman–Crippen LogP) is 3.67. The maximum atomic E-state index is 13.5. The molecule has 132 valence electrons. The molecule has 0 aliphatic carbocycles. The number of hydrogen-bond donors (Lipinski definition) is 2. The first-order valence-corrected chi connectivity index (χ1v) is 9.19. The molecule has 0 saturated carbocycles. The molecule has 1 saturated heterocycles. The second-order valence-electron chi connectivity index (χ2n) is 6.04. The molecule has 2 aromatic rings. The molecule has 0 radical (unpaired) electrons. The molecule has 2 atom stereocenters. The van der Waals surface area contributed by atoms with E-state index < -0.39 is 16.9 Å². The van der Waals surface area contributed by atoms with Crippen LogP contribution in [0.25, 0.3) is 0 Å². The second kappa shape index (κ2) is 8.45. The van der Waals surface area contributed by atoms with Gasteiger partial charge in [-0.2, -0.15) is 0 Å². The average Bonchev–Trinajstić information content (AvgIpc) is 2.64. The lowest BCUT2D eigenvalue weighted by Crippen LogP contribution is -2.46. The van der Waals surface area contributed by atoms with Gasteiger partial charge in [0.05, 0.1) is 0 Å². The number of benzene rings is 2. The first-order chi connectivity index (χ1) is 12.1. The highest BCUT2D eigenvalue weighted by molar-refractivity contribution is 8.00. The van der Waals surface area contributed by atoms with E-state index in [9.17, 15) is 13.6 Å². The SMILES string of the molecule is O=C(NC1CCCNC1)C(Sc1ccc(F)c(F)c1)c1ccccc1. The predicted molar refractivity (Wildman–Crippen MR) is 95.4 cm³/mol. The van der Waals surface area contributed by atoms with Crippen LogP contribution in [0, 0.1) is 11.6 Å². The molecular formula is C19H20F2N2OS. The quantitative estimate of drug-likeness (QED) is 0.798. The Morgan fingerprint density at radius 1 is 1.16 bits per heavy atom. The van der Waals surface area contributed by atoms with Crippen LogP contribution in [-0.2, 0) is 4.79 Å². The van der Waals surface area contributed by atoms with Crippen molar-refractivity contribution in [3.63, 3.8) is 0 Å². The molecule has 2 unspecified atom stereocenters. The fourth-order valence-electron chi connectivity index (χ4n) is 2.84. The molecule has 0 aromatic heterocycles. The molecule has 25 heavy (non-hydrogen) atoms. The molecule has 1 aliphatic rings. The maximum Gasteiger partial charge on any atom is 0.238 e. The van der Waals surface area contributed by atoms with Gasteiger partial charge in [-0.15, -0.1) is 11.8 Å². The van der Waals surface area contributed by atoms with E-state index in [1.807, 2.05) is 30.3 Å². The number of carbonyl (C=O) groups is 1. The van der Waals surface area contributed by atoms with Gasteiger partial charge in [-0.1, -0.05) is 30.3 Å². The van der Waals surface area contributed by atoms with Crippen molar-refractivity contribution in [3.05, 3.63) is 65.7 Å². The summed E-state index contributed by atoms with van der Waals surface area (Å²) in [6.07, 6.45) is 1.97. The lowest BCUT2D eigenvalue weighted by Gasteiger charge is -2.26. The van der Waals surface area contributed by atoms with Crippen LogP contribution in [0.1, 0.15) is 23.7 Å². The van der Waals surface area contributed by atoms with Gasteiger partial charge in [0.1, 0.15) is 5.25 Å². The Labute approximate surface area is 150 Å². The summed E-state index contributed by atoms with van der Waals surface area (Å²) in [4.78, 5) is 13.4. The maximum absolute atomic E-state index is 13.5. The summed E-state index contributed by atoms with van der Waals surface area (Å²) >= 11 is 1.22. The van der Waals surface area contributed by atoms with Crippen molar-refractivity contribution in [1.82, 2.24) is 10.6 Å². The minimum Gasteiger partial charge on any atom is -0.351 e. The second-order valence-corrected chi connectivity index (χ2v) is 7.21. The Bertz CT molecular complexity index is 721. The Morgan fingerprint density at radius 3 is 2.64 bits per heavy atom. The number of halogens is 2. The Balaban J connectivity index is 1.79. The normalized spacial score (nSPS) is 18.6. The van der Waals surface area contributed by atoms with Gasteiger partial charge < -0.3 is 10.6 Å². The van der Waals surface area contributed by atoms with Crippen molar-refractivity contribution in [2.75, 3.05) is 13.1 Å². The van der Waals surface area contributed by atoms with Crippen LogP contribution < -0.4 is 10.6 Å². The van der Waals surface area contributed by atoms with Crippen LogP contribution in [-0.4, -0.2) is 25.0 Å². The summed E-state index contributed by atoms with van der Waals surface area (Å²) in [6.45, 7) is 1.72. The van der Waals surface area contributed by atoms with E-state index in [0.717, 1.165) is 43.6 Å². The van der Waals surface area contributed by atoms with Crippen molar-refractivity contribution in [2.45, 2.75) is 29.0 Å². The molecule has 1 aliphatic heterocycles. The summed E-state index contributed by atoms with van der Waals surface area (Å²) in [7, 11) is 0.